The number of aromatic nitrogens is 1. The number of aryl methyl sites for hydroxylation is 1. The Hall–Kier alpha value is -1.54. The lowest BCUT2D eigenvalue weighted by atomic mass is 10.0. The lowest BCUT2D eigenvalue weighted by Crippen LogP contribution is -2.01. The largest absolute Gasteiger partial charge is 0.382 e. The molecule has 1 heterocycles. The minimum Gasteiger partial charge on any atom is -0.382 e. The van der Waals surface area contributed by atoms with Crippen molar-refractivity contribution in [3.63, 3.8) is 0 Å². The van der Waals surface area contributed by atoms with Gasteiger partial charge in [0, 0.05) is 5.69 Å². The third kappa shape index (κ3) is 1.76. The second-order valence-electron chi connectivity index (χ2n) is 4.23. The number of aliphatic hydroxyl groups excluding tert-OH is 1. The van der Waals surface area contributed by atoms with Crippen LogP contribution in [0.4, 0.5) is 0 Å². The van der Waals surface area contributed by atoms with Gasteiger partial charge >= 0.3 is 0 Å². The number of hydrogen-bond acceptors (Lipinski definition) is 1. The van der Waals surface area contributed by atoms with Crippen molar-refractivity contribution in [3.05, 3.63) is 58.4 Å². The number of H-pyrrole nitrogens is 1. The molecule has 0 amide bonds. The molecule has 2 heteroatoms. The molecular weight excluding hydrogens is 198 g/mol. The normalized spacial score (nSPS) is 12.8. The molecule has 0 saturated heterocycles. The van der Waals surface area contributed by atoms with E-state index in [9.17, 15) is 5.11 Å². The van der Waals surface area contributed by atoms with Gasteiger partial charge in [-0.05, 0) is 37.5 Å². The van der Waals surface area contributed by atoms with Crippen molar-refractivity contribution in [2.24, 2.45) is 0 Å². The molecule has 16 heavy (non-hydrogen) atoms. The quantitative estimate of drug-likeness (QED) is 0.793. The molecule has 2 aromatic rings. The average molecular weight is 215 g/mol. The molecule has 0 fully saturated rings. The summed E-state index contributed by atoms with van der Waals surface area (Å²) in [4.78, 5) is 3.26. The minimum absolute atomic E-state index is 0.561. The molecule has 1 atom stereocenters. The number of aromatic amines is 1. The number of benzene rings is 1. The average Bonchev–Trinajstić information content (AvgIpc) is 2.57. The smallest absolute Gasteiger partial charge is 0.119 e. The summed E-state index contributed by atoms with van der Waals surface area (Å²) in [5.41, 5.74) is 5.33. The first-order chi connectivity index (χ1) is 7.61. The van der Waals surface area contributed by atoms with Crippen molar-refractivity contribution in [3.8, 4) is 0 Å². The van der Waals surface area contributed by atoms with Crippen LogP contribution in [-0.4, -0.2) is 10.1 Å². The van der Waals surface area contributed by atoms with E-state index in [0.717, 1.165) is 22.5 Å². The topological polar surface area (TPSA) is 36.0 Å². The molecule has 0 aliphatic carbocycles. The number of aliphatic hydroxyl groups is 1. The molecule has 0 aliphatic heterocycles. The third-order valence-corrected chi connectivity index (χ3v) is 3.24. The molecule has 0 saturated carbocycles. The van der Waals surface area contributed by atoms with E-state index in [4.69, 9.17) is 0 Å². The van der Waals surface area contributed by atoms with E-state index in [1.54, 1.807) is 0 Å². The zero-order valence-electron chi connectivity index (χ0n) is 9.91. The summed E-state index contributed by atoms with van der Waals surface area (Å²) < 4.78 is 0. The van der Waals surface area contributed by atoms with E-state index in [1.807, 2.05) is 44.2 Å². The van der Waals surface area contributed by atoms with Crippen molar-refractivity contribution >= 4 is 0 Å². The predicted octanol–water partition coefficient (Wildman–Crippen LogP) is 3.02. The fourth-order valence-corrected chi connectivity index (χ4v) is 1.95. The summed E-state index contributed by atoms with van der Waals surface area (Å²) >= 11 is 0. The molecule has 0 bridgehead atoms. The lowest BCUT2D eigenvalue weighted by molar-refractivity contribution is 0.215. The fourth-order valence-electron chi connectivity index (χ4n) is 1.95. The van der Waals surface area contributed by atoms with Gasteiger partial charge in [0.15, 0.2) is 0 Å². The van der Waals surface area contributed by atoms with Gasteiger partial charge in [-0.15, -0.1) is 0 Å². The molecule has 1 unspecified atom stereocenters. The van der Waals surface area contributed by atoms with E-state index in [0.29, 0.717) is 0 Å². The Labute approximate surface area is 96.0 Å². The first-order valence-electron chi connectivity index (χ1n) is 5.50. The Kier molecular flexibility index (Phi) is 2.84. The Morgan fingerprint density at radius 2 is 1.62 bits per heavy atom. The van der Waals surface area contributed by atoms with Gasteiger partial charge in [-0.25, -0.2) is 0 Å². The maximum absolute atomic E-state index is 10.3. The zero-order chi connectivity index (χ0) is 11.7. The van der Waals surface area contributed by atoms with Gasteiger partial charge in [-0.1, -0.05) is 30.3 Å². The standard InChI is InChI=1S/C14H17NO/c1-9-10(2)13(15-11(9)3)14(16)12-7-5-4-6-8-12/h4-8,14-16H,1-3H3. The van der Waals surface area contributed by atoms with E-state index in [1.165, 1.54) is 5.56 Å². The number of rotatable bonds is 2. The maximum Gasteiger partial charge on any atom is 0.119 e. The third-order valence-electron chi connectivity index (χ3n) is 3.24. The Balaban J connectivity index is 2.42. The van der Waals surface area contributed by atoms with Crippen LogP contribution in [0.15, 0.2) is 30.3 Å². The highest BCUT2D eigenvalue weighted by molar-refractivity contribution is 5.39. The second kappa shape index (κ2) is 4.14. The summed E-state index contributed by atoms with van der Waals surface area (Å²) in [6.45, 7) is 6.15. The molecule has 1 aromatic heterocycles. The summed E-state index contributed by atoms with van der Waals surface area (Å²) in [6, 6.07) is 9.71. The highest BCUT2D eigenvalue weighted by Crippen LogP contribution is 2.27. The summed E-state index contributed by atoms with van der Waals surface area (Å²) in [6.07, 6.45) is -0.561. The van der Waals surface area contributed by atoms with Crippen molar-refractivity contribution in [2.45, 2.75) is 26.9 Å². The van der Waals surface area contributed by atoms with Crippen molar-refractivity contribution in [1.29, 1.82) is 0 Å². The van der Waals surface area contributed by atoms with Crippen molar-refractivity contribution < 1.29 is 5.11 Å². The molecule has 0 aliphatic rings. The fraction of sp³-hybridized carbons (Fsp3) is 0.286. The van der Waals surface area contributed by atoms with Gasteiger partial charge in [-0.2, -0.15) is 0 Å². The monoisotopic (exact) mass is 215 g/mol. The first kappa shape index (κ1) is 11.0. The summed E-state index contributed by atoms with van der Waals surface area (Å²) in [5.74, 6) is 0. The molecule has 2 nitrogen and oxygen atoms in total. The van der Waals surface area contributed by atoms with Crippen LogP contribution in [0.5, 0.6) is 0 Å². The lowest BCUT2D eigenvalue weighted by Gasteiger charge is -2.10. The molecule has 84 valence electrons. The van der Waals surface area contributed by atoms with Gasteiger partial charge in [-0.3, -0.25) is 0 Å². The highest BCUT2D eigenvalue weighted by atomic mass is 16.3. The van der Waals surface area contributed by atoms with E-state index in [-0.39, 0.29) is 0 Å². The van der Waals surface area contributed by atoms with Crippen LogP contribution in [-0.2, 0) is 0 Å². The summed E-state index contributed by atoms with van der Waals surface area (Å²) in [5, 5.41) is 10.3. The van der Waals surface area contributed by atoms with Gasteiger partial charge in [0.2, 0.25) is 0 Å². The van der Waals surface area contributed by atoms with Gasteiger partial charge in [0.25, 0.3) is 0 Å². The predicted molar refractivity (Wildman–Crippen MR) is 65.5 cm³/mol. The molecule has 2 rings (SSSR count). The van der Waals surface area contributed by atoms with Crippen molar-refractivity contribution in [1.82, 2.24) is 4.98 Å². The van der Waals surface area contributed by atoms with E-state index in [2.05, 4.69) is 11.9 Å². The highest BCUT2D eigenvalue weighted by Gasteiger charge is 2.16. The SMILES string of the molecule is Cc1[nH]c(C(O)c2ccccc2)c(C)c1C. The van der Waals surface area contributed by atoms with Gasteiger partial charge in [0.1, 0.15) is 6.10 Å². The van der Waals surface area contributed by atoms with Gasteiger partial charge < -0.3 is 10.1 Å². The van der Waals surface area contributed by atoms with Crippen molar-refractivity contribution in [2.75, 3.05) is 0 Å². The van der Waals surface area contributed by atoms with E-state index >= 15 is 0 Å². The molecular formula is C14H17NO. The van der Waals surface area contributed by atoms with Crippen LogP contribution in [0.2, 0.25) is 0 Å². The maximum atomic E-state index is 10.3. The van der Waals surface area contributed by atoms with Crippen LogP contribution in [0, 0.1) is 20.8 Å². The van der Waals surface area contributed by atoms with Crippen LogP contribution in [0.25, 0.3) is 0 Å². The minimum atomic E-state index is -0.561. The second-order valence-corrected chi connectivity index (χ2v) is 4.23. The number of nitrogens with one attached hydrogen (secondary N) is 1. The Morgan fingerprint density at radius 3 is 2.12 bits per heavy atom. The van der Waals surface area contributed by atoms with E-state index < -0.39 is 6.10 Å². The van der Waals surface area contributed by atoms with Crippen LogP contribution in [0.3, 0.4) is 0 Å². The van der Waals surface area contributed by atoms with Gasteiger partial charge in [0.05, 0.1) is 5.69 Å². The molecule has 1 aromatic carbocycles. The molecule has 0 spiro atoms. The Morgan fingerprint density at radius 1 is 1.00 bits per heavy atom. The zero-order valence-corrected chi connectivity index (χ0v) is 9.91. The number of hydrogen-bond donors (Lipinski definition) is 2. The molecule has 0 radical (unpaired) electrons. The summed E-state index contributed by atoms with van der Waals surface area (Å²) in [7, 11) is 0. The van der Waals surface area contributed by atoms with Crippen LogP contribution in [0.1, 0.15) is 34.2 Å². The Bertz CT molecular complexity index is 485. The first-order valence-corrected chi connectivity index (χ1v) is 5.50. The molecule has 2 N–H and O–H groups in total. The van der Waals surface area contributed by atoms with Crippen LogP contribution < -0.4 is 0 Å². The van der Waals surface area contributed by atoms with Crippen LogP contribution >= 0.6 is 0 Å².